The molecule has 3 N–H and O–H groups in total. The van der Waals surface area contributed by atoms with Crippen molar-refractivity contribution in [2.45, 2.75) is 31.6 Å². The summed E-state index contributed by atoms with van der Waals surface area (Å²) in [4.78, 5) is 31.0. The van der Waals surface area contributed by atoms with E-state index in [2.05, 4.69) is 30.5 Å². The summed E-state index contributed by atoms with van der Waals surface area (Å²) >= 11 is 1.49. The van der Waals surface area contributed by atoms with Crippen LogP contribution >= 0.6 is 11.9 Å². The Labute approximate surface area is 219 Å². The maximum atomic E-state index is 12.3. The SMILES string of the molecule is CC=O.CNc1cccc(-c2nc(-c3ccc(SNc4cccc(NC(=O)C5(C)CC5)c4)cc3)no2)n1. The van der Waals surface area contributed by atoms with Crippen molar-refractivity contribution in [2.24, 2.45) is 5.41 Å². The van der Waals surface area contributed by atoms with Crippen LogP contribution in [0.1, 0.15) is 26.7 Å². The molecule has 9 nitrogen and oxygen atoms in total. The van der Waals surface area contributed by atoms with Crippen LogP contribution < -0.4 is 15.4 Å². The van der Waals surface area contributed by atoms with E-state index in [1.807, 2.05) is 80.7 Å². The predicted molar refractivity (Wildman–Crippen MR) is 146 cm³/mol. The van der Waals surface area contributed by atoms with Crippen molar-refractivity contribution < 1.29 is 14.1 Å². The summed E-state index contributed by atoms with van der Waals surface area (Å²) in [5, 5.41) is 10.1. The normalized spacial score (nSPS) is 13.1. The number of benzene rings is 2. The molecule has 4 aromatic rings. The molecule has 37 heavy (non-hydrogen) atoms. The third-order valence-corrected chi connectivity index (χ3v) is 6.56. The average molecular weight is 517 g/mol. The molecule has 0 atom stereocenters. The summed E-state index contributed by atoms with van der Waals surface area (Å²) < 4.78 is 8.73. The molecule has 0 unspecified atom stereocenters. The van der Waals surface area contributed by atoms with Gasteiger partial charge in [0, 0.05) is 34.3 Å². The van der Waals surface area contributed by atoms with E-state index in [1.54, 1.807) is 0 Å². The second-order valence-corrected chi connectivity index (χ2v) is 9.52. The van der Waals surface area contributed by atoms with Crippen molar-refractivity contribution in [3.8, 4) is 23.0 Å². The Balaban J connectivity index is 0.00000102. The van der Waals surface area contributed by atoms with Gasteiger partial charge in [-0.25, -0.2) is 4.98 Å². The van der Waals surface area contributed by atoms with Gasteiger partial charge in [0.2, 0.25) is 11.7 Å². The van der Waals surface area contributed by atoms with Gasteiger partial charge in [0.05, 0.1) is 0 Å². The molecule has 1 amide bonds. The van der Waals surface area contributed by atoms with Crippen LogP contribution in [-0.2, 0) is 9.59 Å². The molecule has 0 bridgehead atoms. The van der Waals surface area contributed by atoms with Gasteiger partial charge in [-0.15, -0.1) is 0 Å². The largest absolute Gasteiger partial charge is 0.373 e. The number of carbonyl (C=O) groups is 2. The van der Waals surface area contributed by atoms with Gasteiger partial charge in [-0.1, -0.05) is 24.2 Å². The zero-order valence-corrected chi connectivity index (χ0v) is 21.6. The molecular weight excluding hydrogens is 488 g/mol. The summed E-state index contributed by atoms with van der Waals surface area (Å²) in [6.07, 6.45) is 2.66. The molecule has 1 fully saturated rings. The smallest absolute Gasteiger partial charge is 0.276 e. The van der Waals surface area contributed by atoms with E-state index < -0.39 is 0 Å². The van der Waals surface area contributed by atoms with Gasteiger partial charge in [0.15, 0.2) is 0 Å². The molecule has 1 aliphatic carbocycles. The zero-order chi connectivity index (χ0) is 26.3. The number of carbonyl (C=O) groups excluding carboxylic acids is 2. The molecule has 0 aliphatic heterocycles. The van der Waals surface area contributed by atoms with Crippen LogP contribution in [0, 0.1) is 5.41 Å². The highest BCUT2D eigenvalue weighted by atomic mass is 32.2. The molecule has 0 radical (unpaired) electrons. The van der Waals surface area contributed by atoms with Crippen LogP contribution in [0.2, 0.25) is 0 Å². The van der Waals surface area contributed by atoms with Crippen molar-refractivity contribution in [3.05, 3.63) is 66.7 Å². The van der Waals surface area contributed by atoms with Crippen molar-refractivity contribution in [1.29, 1.82) is 0 Å². The first-order chi connectivity index (χ1) is 17.9. The Morgan fingerprint density at radius 3 is 2.43 bits per heavy atom. The number of nitrogens with one attached hydrogen (secondary N) is 3. The summed E-state index contributed by atoms with van der Waals surface area (Å²) in [5.41, 5.74) is 2.97. The van der Waals surface area contributed by atoms with Crippen molar-refractivity contribution in [2.75, 3.05) is 22.4 Å². The Kier molecular flexibility index (Phi) is 8.19. The molecule has 2 aromatic heterocycles. The third-order valence-electron chi connectivity index (χ3n) is 5.72. The number of anilines is 3. The lowest BCUT2D eigenvalue weighted by atomic mass is 10.1. The number of nitrogens with zero attached hydrogens (tertiary/aromatic N) is 3. The minimum absolute atomic E-state index is 0.0861. The van der Waals surface area contributed by atoms with E-state index in [9.17, 15) is 4.79 Å². The predicted octanol–water partition coefficient (Wildman–Crippen LogP) is 5.90. The average Bonchev–Trinajstić information content (AvgIpc) is 3.49. The van der Waals surface area contributed by atoms with E-state index in [0.717, 1.165) is 46.8 Å². The van der Waals surface area contributed by atoms with Gasteiger partial charge in [-0.2, -0.15) is 4.98 Å². The fourth-order valence-corrected chi connectivity index (χ4v) is 3.92. The molecule has 0 saturated heterocycles. The molecule has 5 rings (SSSR count). The lowest BCUT2D eigenvalue weighted by Crippen LogP contribution is -2.21. The minimum atomic E-state index is -0.202. The number of hydrogen-bond donors (Lipinski definition) is 3. The molecule has 190 valence electrons. The van der Waals surface area contributed by atoms with E-state index >= 15 is 0 Å². The Morgan fingerprint density at radius 2 is 1.73 bits per heavy atom. The molecule has 1 saturated carbocycles. The first-order valence-corrected chi connectivity index (χ1v) is 12.6. The van der Waals surface area contributed by atoms with Crippen molar-refractivity contribution in [1.82, 2.24) is 15.1 Å². The fraction of sp³-hybridized carbons (Fsp3) is 0.222. The molecule has 0 spiro atoms. The second kappa shape index (κ2) is 11.7. The Morgan fingerprint density at radius 1 is 1.03 bits per heavy atom. The maximum absolute atomic E-state index is 12.3. The Bertz CT molecular complexity index is 1370. The van der Waals surface area contributed by atoms with Crippen molar-refractivity contribution >= 4 is 41.3 Å². The van der Waals surface area contributed by atoms with Crippen LogP contribution in [0.5, 0.6) is 0 Å². The molecule has 2 aromatic carbocycles. The number of aldehydes is 1. The van der Waals surface area contributed by atoms with Crippen LogP contribution in [0.4, 0.5) is 17.2 Å². The van der Waals surface area contributed by atoms with E-state index in [1.165, 1.54) is 18.9 Å². The van der Waals surface area contributed by atoms with Crippen LogP contribution in [0.3, 0.4) is 0 Å². The van der Waals surface area contributed by atoms with Crippen LogP contribution in [0.15, 0.2) is 76.1 Å². The van der Waals surface area contributed by atoms with Gasteiger partial charge in [0.25, 0.3) is 5.89 Å². The van der Waals surface area contributed by atoms with Gasteiger partial charge in [0.1, 0.15) is 17.8 Å². The van der Waals surface area contributed by atoms with Gasteiger partial charge < -0.3 is 24.7 Å². The summed E-state index contributed by atoms with van der Waals surface area (Å²) in [6, 6.07) is 21.2. The number of hydrogen-bond acceptors (Lipinski definition) is 9. The molecular formula is C27H28N6O3S. The number of rotatable bonds is 8. The third kappa shape index (κ3) is 6.73. The van der Waals surface area contributed by atoms with E-state index in [-0.39, 0.29) is 11.3 Å². The lowest BCUT2D eigenvalue weighted by Gasteiger charge is -2.12. The molecule has 2 heterocycles. The first-order valence-electron chi connectivity index (χ1n) is 11.8. The highest BCUT2D eigenvalue weighted by molar-refractivity contribution is 8.00. The van der Waals surface area contributed by atoms with Gasteiger partial charge in [-0.3, -0.25) is 4.79 Å². The monoisotopic (exact) mass is 516 g/mol. The highest BCUT2D eigenvalue weighted by Gasteiger charge is 2.44. The zero-order valence-electron chi connectivity index (χ0n) is 20.8. The second-order valence-electron chi connectivity index (χ2n) is 8.64. The van der Waals surface area contributed by atoms with Crippen LogP contribution in [-0.4, -0.2) is 34.4 Å². The van der Waals surface area contributed by atoms with Gasteiger partial charge in [-0.05, 0) is 86.3 Å². The summed E-state index contributed by atoms with van der Waals surface area (Å²) in [7, 11) is 1.81. The Hall–Kier alpha value is -4.18. The van der Waals surface area contributed by atoms with Gasteiger partial charge >= 0.3 is 0 Å². The van der Waals surface area contributed by atoms with Crippen LogP contribution in [0.25, 0.3) is 23.0 Å². The standard InChI is InChI=1S/C25H24N6O2S.C2H4O/c1-25(13-14-25)24(32)27-17-5-3-6-18(15-17)31-34-19-11-9-16(10-12-19)22-29-23(33-30-22)20-7-4-8-21(26-2)28-20;1-2-3/h3-12,15,31H,13-14H2,1-2H3,(H,26,28)(H,27,32);2H,1H3. The first kappa shape index (κ1) is 25.9. The molecule has 10 heteroatoms. The molecule has 1 aliphatic rings. The highest BCUT2D eigenvalue weighted by Crippen LogP contribution is 2.45. The number of aromatic nitrogens is 3. The van der Waals surface area contributed by atoms with E-state index in [0.29, 0.717) is 17.4 Å². The fourth-order valence-electron chi connectivity index (χ4n) is 3.28. The maximum Gasteiger partial charge on any atom is 0.276 e. The lowest BCUT2D eigenvalue weighted by molar-refractivity contribution is -0.120. The number of amides is 1. The quantitative estimate of drug-likeness (QED) is 0.194. The number of pyridine rings is 1. The summed E-state index contributed by atoms with van der Waals surface area (Å²) in [5.74, 6) is 1.69. The van der Waals surface area contributed by atoms with Crippen molar-refractivity contribution in [3.63, 3.8) is 0 Å². The summed E-state index contributed by atoms with van der Waals surface area (Å²) in [6.45, 7) is 3.44. The minimum Gasteiger partial charge on any atom is -0.373 e. The van der Waals surface area contributed by atoms with E-state index in [4.69, 9.17) is 9.32 Å². The topological polar surface area (TPSA) is 122 Å².